The molecule has 106 valence electrons. The number of halogens is 1. The molecule has 21 heavy (non-hydrogen) atoms. The minimum atomic E-state index is -3.85. The second kappa shape index (κ2) is 6.39. The number of pyridine rings is 1. The number of hydrogen-bond donors (Lipinski definition) is 1. The number of sulfone groups is 1. The third kappa shape index (κ3) is 3.60. The topological polar surface area (TPSA) is 82.8 Å². The van der Waals surface area contributed by atoms with E-state index in [9.17, 15) is 8.42 Å². The average Bonchev–Trinajstić information content (AvgIpc) is 2.50. The lowest BCUT2D eigenvalue weighted by atomic mass is 10.4. The monoisotopic (exact) mass is 319 g/mol. The fraction of sp³-hybridized carbons (Fsp3) is 0. The summed E-state index contributed by atoms with van der Waals surface area (Å²) in [6.07, 6.45) is 2.52. The van der Waals surface area contributed by atoms with Crippen LogP contribution in [0.3, 0.4) is 0 Å². The van der Waals surface area contributed by atoms with Gasteiger partial charge in [0.15, 0.2) is 4.91 Å². The van der Waals surface area contributed by atoms with Crippen molar-refractivity contribution in [1.29, 1.82) is 5.26 Å². The Labute approximate surface area is 127 Å². The number of allylic oxidation sites excluding steroid dienone is 1. The normalized spacial score (nSPS) is 11.7. The van der Waals surface area contributed by atoms with Gasteiger partial charge in [-0.05, 0) is 24.3 Å². The van der Waals surface area contributed by atoms with E-state index in [0.717, 1.165) is 6.20 Å². The van der Waals surface area contributed by atoms with Crippen molar-refractivity contribution in [3.63, 3.8) is 0 Å². The molecule has 7 heteroatoms. The lowest BCUT2D eigenvalue weighted by Gasteiger charge is -2.04. The Hall–Kier alpha value is -2.36. The minimum absolute atomic E-state index is 0.0589. The molecular weight excluding hydrogens is 310 g/mol. The predicted molar refractivity (Wildman–Crippen MR) is 80.2 cm³/mol. The van der Waals surface area contributed by atoms with Gasteiger partial charge in [0, 0.05) is 12.4 Å². The summed E-state index contributed by atoms with van der Waals surface area (Å²) in [5, 5.41) is 12.2. The average molecular weight is 320 g/mol. The summed E-state index contributed by atoms with van der Waals surface area (Å²) in [6.45, 7) is 0. The van der Waals surface area contributed by atoms with E-state index < -0.39 is 14.7 Å². The third-order valence-electron chi connectivity index (χ3n) is 2.53. The zero-order valence-electron chi connectivity index (χ0n) is 10.7. The zero-order valence-corrected chi connectivity index (χ0v) is 12.3. The van der Waals surface area contributed by atoms with Crippen LogP contribution in [0.5, 0.6) is 0 Å². The van der Waals surface area contributed by atoms with Crippen molar-refractivity contribution >= 4 is 27.3 Å². The second-order valence-electron chi connectivity index (χ2n) is 3.94. The summed E-state index contributed by atoms with van der Waals surface area (Å²) >= 11 is 5.70. The Morgan fingerprint density at radius 3 is 2.52 bits per heavy atom. The van der Waals surface area contributed by atoms with E-state index in [0.29, 0.717) is 10.8 Å². The number of nitrogens with zero attached hydrogens (tertiary/aromatic N) is 2. The molecule has 0 saturated carbocycles. The molecule has 0 saturated heterocycles. The molecule has 2 rings (SSSR count). The number of benzene rings is 1. The number of aromatic nitrogens is 1. The summed E-state index contributed by atoms with van der Waals surface area (Å²) < 4.78 is 24.5. The predicted octanol–water partition coefficient (Wildman–Crippen LogP) is 2.99. The van der Waals surface area contributed by atoms with Gasteiger partial charge in [0.2, 0.25) is 9.84 Å². The van der Waals surface area contributed by atoms with Gasteiger partial charge >= 0.3 is 0 Å². The largest absolute Gasteiger partial charge is 0.345 e. The fourth-order valence-electron chi connectivity index (χ4n) is 1.50. The molecule has 0 fully saturated rings. The molecule has 2 aromatic rings. The molecular formula is C14H10ClN3O2S. The summed E-state index contributed by atoms with van der Waals surface area (Å²) in [7, 11) is -3.85. The molecule has 0 radical (unpaired) electrons. The van der Waals surface area contributed by atoms with Gasteiger partial charge in [-0.3, -0.25) is 0 Å². The van der Waals surface area contributed by atoms with Gasteiger partial charge in [0.25, 0.3) is 0 Å². The van der Waals surface area contributed by atoms with E-state index in [1.54, 1.807) is 36.4 Å². The quantitative estimate of drug-likeness (QED) is 0.876. The van der Waals surface area contributed by atoms with Crippen molar-refractivity contribution in [2.45, 2.75) is 4.90 Å². The van der Waals surface area contributed by atoms with Crippen LogP contribution in [-0.4, -0.2) is 13.4 Å². The molecule has 0 bridgehead atoms. The molecule has 0 spiro atoms. The smallest absolute Gasteiger partial charge is 0.218 e. The highest BCUT2D eigenvalue weighted by Crippen LogP contribution is 2.18. The van der Waals surface area contributed by atoms with Crippen molar-refractivity contribution < 1.29 is 8.42 Å². The Bertz CT molecular complexity index is 794. The Morgan fingerprint density at radius 2 is 1.95 bits per heavy atom. The van der Waals surface area contributed by atoms with E-state index in [2.05, 4.69) is 10.3 Å². The molecule has 1 heterocycles. The van der Waals surface area contributed by atoms with E-state index in [4.69, 9.17) is 16.9 Å². The van der Waals surface area contributed by atoms with Crippen molar-refractivity contribution in [2.75, 3.05) is 5.32 Å². The van der Waals surface area contributed by atoms with E-state index in [1.807, 2.05) is 0 Å². The number of anilines is 1. The van der Waals surface area contributed by atoms with Crippen LogP contribution in [0.1, 0.15) is 0 Å². The van der Waals surface area contributed by atoms with Gasteiger partial charge in [-0.1, -0.05) is 29.8 Å². The molecule has 0 aliphatic carbocycles. The molecule has 1 N–H and O–H groups in total. The molecule has 0 amide bonds. The highest BCUT2D eigenvalue weighted by atomic mass is 35.5. The lowest BCUT2D eigenvalue weighted by molar-refractivity contribution is 0.603. The second-order valence-corrected chi connectivity index (χ2v) is 6.30. The first kappa shape index (κ1) is 15.0. The highest BCUT2D eigenvalue weighted by Gasteiger charge is 2.20. The van der Waals surface area contributed by atoms with Crippen LogP contribution >= 0.6 is 11.6 Å². The van der Waals surface area contributed by atoms with Crippen molar-refractivity contribution in [3.8, 4) is 6.07 Å². The zero-order chi connectivity index (χ0) is 15.3. The van der Waals surface area contributed by atoms with Crippen LogP contribution in [0.15, 0.2) is 64.7 Å². The number of nitriles is 1. The molecule has 0 aliphatic rings. The van der Waals surface area contributed by atoms with E-state index in [-0.39, 0.29) is 4.90 Å². The molecule has 0 aliphatic heterocycles. The number of nitrogens with one attached hydrogen (secondary N) is 1. The summed E-state index contributed by atoms with van der Waals surface area (Å²) in [5.74, 6) is 0.385. The molecule has 0 unspecified atom stereocenters. The molecule has 1 aromatic carbocycles. The van der Waals surface area contributed by atoms with Crippen LogP contribution in [-0.2, 0) is 9.84 Å². The Kier molecular flexibility index (Phi) is 4.58. The SMILES string of the molecule is N#C/C(=C/Nc1ccc(Cl)cn1)S(=O)(=O)c1ccccc1. The van der Waals surface area contributed by atoms with Gasteiger partial charge in [0.1, 0.15) is 11.9 Å². The van der Waals surface area contributed by atoms with E-state index in [1.165, 1.54) is 18.3 Å². The van der Waals surface area contributed by atoms with Crippen LogP contribution in [0, 0.1) is 11.3 Å². The van der Waals surface area contributed by atoms with Gasteiger partial charge in [-0.2, -0.15) is 5.26 Å². The molecule has 1 aromatic heterocycles. The first-order chi connectivity index (χ1) is 10.0. The maximum absolute atomic E-state index is 12.3. The summed E-state index contributed by atoms with van der Waals surface area (Å²) in [6, 6.07) is 12.6. The van der Waals surface area contributed by atoms with Crippen molar-refractivity contribution in [2.24, 2.45) is 0 Å². The Balaban J connectivity index is 2.29. The third-order valence-corrected chi connectivity index (χ3v) is 4.44. The van der Waals surface area contributed by atoms with Gasteiger partial charge in [-0.15, -0.1) is 0 Å². The minimum Gasteiger partial charge on any atom is -0.345 e. The van der Waals surface area contributed by atoms with Crippen LogP contribution in [0.2, 0.25) is 5.02 Å². The maximum Gasteiger partial charge on any atom is 0.218 e. The van der Waals surface area contributed by atoms with Crippen LogP contribution in [0.25, 0.3) is 0 Å². The number of rotatable bonds is 4. The van der Waals surface area contributed by atoms with Gasteiger partial charge in [-0.25, -0.2) is 13.4 Å². The van der Waals surface area contributed by atoms with Gasteiger partial charge in [0.05, 0.1) is 9.92 Å². The van der Waals surface area contributed by atoms with Gasteiger partial charge < -0.3 is 5.32 Å². The summed E-state index contributed by atoms with van der Waals surface area (Å²) in [4.78, 5) is 3.61. The first-order valence-electron chi connectivity index (χ1n) is 5.82. The first-order valence-corrected chi connectivity index (χ1v) is 7.68. The lowest BCUT2D eigenvalue weighted by Crippen LogP contribution is -2.05. The fourth-order valence-corrected chi connectivity index (χ4v) is 2.71. The molecule has 0 atom stereocenters. The van der Waals surface area contributed by atoms with Crippen LogP contribution in [0.4, 0.5) is 5.82 Å². The molecule has 5 nitrogen and oxygen atoms in total. The van der Waals surface area contributed by atoms with Crippen LogP contribution < -0.4 is 5.32 Å². The standard InChI is InChI=1S/C14H10ClN3O2S/c15-11-6-7-14(17-9-11)18-10-13(8-16)21(19,20)12-4-2-1-3-5-12/h1-7,9-10H,(H,17,18)/b13-10-. The van der Waals surface area contributed by atoms with E-state index >= 15 is 0 Å². The highest BCUT2D eigenvalue weighted by molar-refractivity contribution is 7.95. The maximum atomic E-state index is 12.3. The summed E-state index contributed by atoms with van der Waals surface area (Å²) in [5.41, 5.74) is 0. The number of hydrogen-bond acceptors (Lipinski definition) is 5. The Morgan fingerprint density at radius 1 is 1.24 bits per heavy atom. The van der Waals surface area contributed by atoms with Crippen molar-refractivity contribution in [1.82, 2.24) is 4.98 Å². The van der Waals surface area contributed by atoms with Crippen molar-refractivity contribution in [3.05, 3.63) is 64.8 Å².